The van der Waals surface area contributed by atoms with Crippen molar-refractivity contribution in [1.29, 1.82) is 5.26 Å². The number of hydrogen-bond donors (Lipinski definition) is 0. The molecule has 0 fully saturated rings. The van der Waals surface area contributed by atoms with E-state index in [0.717, 1.165) is 0 Å². The molecular formula is C14H21NO4. The quantitative estimate of drug-likeness (QED) is 0.473. The molecule has 0 aliphatic carbocycles. The molecule has 0 N–H and O–H groups in total. The molecule has 0 aliphatic rings. The number of nitrogens with zero attached hydrogens (tertiary/aromatic N) is 1. The maximum Gasteiger partial charge on any atom is 0.307 e. The highest BCUT2D eigenvalue weighted by atomic mass is 16.5. The number of esters is 2. The molecule has 0 rings (SSSR count). The minimum Gasteiger partial charge on any atom is -0.466 e. The normalized spacial score (nSPS) is 10.4. The van der Waals surface area contributed by atoms with Crippen molar-refractivity contribution in [3.05, 3.63) is 12.7 Å². The fourth-order valence-corrected chi connectivity index (χ4v) is 1.38. The van der Waals surface area contributed by atoms with Crippen molar-refractivity contribution in [3.63, 3.8) is 0 Å². The highest BCUT2D eigenvalue weighted by Gasteiger charge is 2.34. The Morgan fingerprint density at radius 2 is 1.58 bits per heavy atom. The maximum absolute atomic E-state index is 11.6. The van der Waals surface area contributed by atoms with Crippen molar-refractivity contribution in [3.8, 4) is 6.07 Å². The van der Waals surface area contributed by atoms with Crippen LogP contribution in [-0.4, -0.2) is 25.2 Å². The predicted octanol–water partition coefficient (Wildman–Crippen LogP) is 2.37. The van der Waals surface area contributed by atoms with Gasteiger partial charge in [-0.2, -0.15) is 5.26 Å². The van der Waals surface area contributed by atoms with E-state index >= 15 is 0 Å². The lowest BCUT2D eigenvalue weighted by Crippen LogP contribution is -2.26. The fraction of sp³-hybridized carbons (Fsp3) is 0.643. The lowest BCUT2D eigenvalue weighted by molar-refractivity contribution is -0.148. The summed E-state index contributed by atoms with van der Waals surface area (Å²) in [4.78, 5) is 23.1. The van der Waals surface area contributed by atoms with Crippen molar-refractivity contribution in [2.45, 2.75) is 39.5 Å². The van der Waals surface area contributed by atoms with Crippen LogP contribution in [0.2, 0.25) is 0 Å². The van der Waals surface area contributed by atoms with Crippen LogP contribution in [0.4, 0.5) is 0 Å². The summed E-state index contributed by atoms with van der Waals surface area (Å²) in [6.45, 7) is 7.89. The molecular weight excluding hydrogens is 246 g/mol. The first-order valence-electron chi connectivity index (χ1n) is 6.39. The summed E-state index contributed by atoms with van der Waals surface area (Å²) in [5.74, 6) is -1.02. The smallest absolute Gasteiger partial charge is 0.307 e. The number of nitriles is 1. The van der Waals surface area contributed by atoms with Crippen molar-refractivity contribution >= 4 is 11.9 Å². The molecule has 5 heteroatoms. The van der Waals surface area contributed by atoms with E-state index in [4.69, 9.17) is 9.47 Å². The summed E-state index contributed by atoms with van der Waals surface area (Å²) in [5.41, 5.74) is -1.25. The van der Waals surface area contributed by atoms with Crippen LogP contribution >= 0.6 is 0 Å². The zero-order valence-corrected chi connectivity index (χ0v) is 11.6. The average Bonchev–Trinajstić information content (AvgIpc) is 2.42. The molecule has 0 unspecified atom stereocenters. The van der Waals surface area contributed by atoms with Gasteiger partial charge in [-0.1, -0.05) is 19.9 Å². The van der Waals surface area contributed by atoms with E-state index in [9.17, 15) is 14.9 Å². The van der Waals surface area contributed by atoms with Gasteiger partial charge in [0.2, 0.25) is 0 Å². The molecule has 0 aliphatic heterocycles. The van der Waals surface area contributed by atoms with Crippen molar-refractivity contribution in [1.82, 2.24) is 0 Å². The van der Waals surface area contributed by atoms with Gasteiger partial charge in [0.1, 0.15) is 0 Å². The molecule has 0 atom stereocenters. The van der Waals surface area contributed by atoms with Gasteiger partial charge >= 0.3 is 11.9 Å². The Labute approximate surface area is 114 Å². The summed E-state index contributed by atoms with van der Waals surface area (Å²) in [6.07, 6.45) is 2.35. The Bertz CT molecular complexity index is 335. The molecule has 0 aromatic heterocycles. The van der Waals surface area contributed by atoms with Crippen LogP contribution in [0.15, 0.2) is 12.7 Å². The van der Waals surface area contributed by atoms with Gasteiger partial charge in [-0.3, -0.25) is 9.59 Å². The van der Waals surface area contributed by atoms with Gasteiger partial charge in [-0.25, -0.2) is 0 Å². The summed E-state index contributed by atoms with van der Waals surface area (Å²) < 4.78 is 9.85. The van der Waals surface area contributed by atoms with Gasteiger partial charge < -0.3 is 9.47 Å². The third-order valence-electron chi connectivity index (χ3n) is 2.47. The van der Waals surface area contributed by atoms with Gasteiger partial charge in [0.25, 0.3) is 0 Å². The zero-order chi connectivity index (χ0) is 14.7. The van der Waals surface area contributed by atoms with E-state index in [1.165, 1.54) is 6.08 Å². The third kappa shape index (κ3) is 6.61. The Kier molecular flexibility index (Phi) is 8.27. The number of rotatable bonds is 9. The molecule has 0 radical (unpaired) electrons. The van der Waals surface area contributed by atoms with Crippen LogP contribution in [-0.2, 0) is 19.1 Å². The minimum absolute atomic E-state index is 0.186. The monoisotopic (exact) mass is 267 g/mol. The number of carbonyl (C=O) groups is 2. The largest absolute Gasteiger partial charge is 0.466 e. The highest BCUT2D eigenvalue weighted by Crippen LogP contribution is 2.28. The van der Waals surface area contributed by atoms with Gasteiger partial charge in [0.05, 0.1) is 37.5 Å². The molecule has 5 nitrogen and oxygen atoms in total. The first kappa shape index (κ1) is 17.2. The molecule has 0 amide bonds. The van der Waals surface area contributed by atoms with Crippen molar-refractivity contribution in [2.24, 2.45) is 5.41 Å². The van der Waals surface area contributed by atoms with Crippen LogP contribution in [0.25, 0.3) is 0 Å². The second-order valence-corrected chi connectivity index (χ2v) is 4.27. The van der Waals surface area contributed by atoms with E-state index in [1.54, 1.807) is 0 Å². The van der Waals surface area contributed by atoms with Crippen LogP contribution in [0.3, 0.4) is 0 Å². The average molecular weight is 267 g/mol. The van der Waals surface area contributed by atoms with E-state index in [2.05, 4.69) is 6.58 Å². The topological polar surface area (TPSA) is 76.4 Å². The van der Waals surface area contributed by atoms with Gasteiger partial charge in [-0.05, 0) is 12.8 Å². The van der Waals surface area contributed by atoms with Gasteiger partial charge in [0, 0.05) is 0 Å². The molecule has 106 valence electrons. The minimum atomic E-state index is -1.25. The Morgan fingerprint density at radius 3 is 1.84 bits per heavy atom. The van der Waals surface area contributed by atoms with Crippen LogP contribution < -0.4 is 0 Å². The van der Waals surface area contributed by atoms with E-state index in [0.29, 0.717) is 26.1 Å². The number of carbonyl (C=O) groups excluding carboxylic acids is 2. The second kappa shape index (κ2) is 9.15. The first-order chi connectivity index (χ1) is 9.03. The van der Waals surface area contributed by atoms with Crippen molar-refractivity contribution < 1.29 is 19.1 Å². The Balaban J connectivity index is 4.58. The van der Waals surface area contributed by atoms with Gasteiger partial charge in [0.15, 0.2) is 0 Å². The van der Waals surface area contributed by atoms with Crippen LogP contribution in [0, 0.1) is 16.7 Å². The maximum atomic E-state index is 11.6. The molecule has 19 heavy (non-hydrogen) atoms. The summed E-state index contributed by atoms with van der Waals surface area (Å²) in [5, 5.41) is 9.19. The lowest BCUT2D eigenvalue weighted by atomic mass is 9.83. The molecule has 0 bridgehead atoms. The number of allylic oxidation sites excluding steroid dienone is 1. The standard InChI is InChI=1S/C14H21NO4/c1-4-7-18-12(16)9-14(6-3,11-15)10-13(17)19-8-5-2/h6H,3-5,7-10H2,1-2H3. The van der Waals surface area contributed by atoms with Crippen LogP contribution in [0.1, 0.15) is 39.5 Å². The van der Waals surface area contributed by atoms with Crippen molar-refractivity contribution in [2.75, 3.05) is 13.2 Å². The van der Waals surface area contributed by atoms with E-state index in [-0.39, 0.29) is 12.8 Å². The molecule has 0 aromatic rings. The second-order valence-electron chi connectivity index (χ2n) is 4.27. The number of ether oxygens (including phenoxy) is 2. The zero-order valence-electron chi connectivity index (χ0n) is 11.6. The Morgan fingerprint density at radius 1 is 1.16 bits per heavy atom. The summed E-state index contributed by atoms with van der Waals surface area (Å²) in [7, 11) is 0. The fourth-order valence-electron chi connectivity index (χ4n) is 1.38. The lowest BCUT2D eigenvalue weighted by Gasteiger charge is -2.20. The molecule has 0 aromatic carbocycles. The highest BCUT2D eigenvalue weighted by molar-refractivity contribution is 5.76. The van der Waals surface area contributed by atoms with E-state index in [1.807, 2.05) is 19.9 Å². The predicted molar refractivity (Wildman–Crippen MR) is 70.0 cm³/mol. The third-order valence-corrected chi connectivity index (χ3v) is 2.47. The SMILES string of the molecule is C=CC(C#N)(CC(=O)OCCC)CC(=O)OCCC. The summed E-state index contributed by atoms with van der Waals surface area (Å²) >= 11 is 0. The van der Waals surface area contributed by atoms with E-state index < -0.39 is 17.4 Å². The molecule has 0 saturated carbocycles. The molecule has 0 heterocycles. The Hall–Kier alpha value is -1.83. The van der Waals surface area contributed by atoms with Gasteiger partial charge in [-0.15, -0.1) is 6.58 Å². The first-order valence-corrected chi connectivity index (χ1v) is 6.39. The summed E-state index contributed by atoms with van der Waals surface area (Å²) in [6, 6.07) is 1.96. The number of hydrogen-bond acceptors (Lipinski definition) is 5. The van der Waals surface area contributed by atoms with Crippen LogP contribution in [0.5, 0.6) is 0 Å². The molecule has 0 spiro atoms. The molecule has 0 saturated heterocycles.